The number of para-hydroxylation sites is 1. The molecular weight excluding hydrogens is 316 g/mol. The quantitative estimate of drug-likeness (QED) is 0.868. The van der Waals surface area contributed by atoms with Crippen molar-refractivity contribution >= 4 is 15.9 Å². The van der Waals surface area contributed by atoms with Crippen molar-refractivity contribution in [3.63, 3.8) is 0 Å². The average Bonchev–Trinajstić information content (AvgIpc) is 2.47. The Labute approximate surface area is 128 Å². The van der Waals surface area contributed by atoms with Crippen molar-refractivity contribution in [1.82, 2.24) is 10.3 Å². The summed E-state index contributed by atoms with van der Waals surface area (Å²) >= 11 is 3.42. The lowest BCUT2D eigenvalue weighted by Crippen LogP contribution is -2.23. The largest absolute Gasteiger partial charge is 0.494 e. The molecule has 4 heteroatoms. The number of pyridine rings is 1. The van der Waals surface area contributed by atoms with E-state index in [0.717, 1.165) is 28.0 Å². The van der Waals surface area contributed by atoms with Gasteiger partial charge in [0.25, 0.3) is 0 Å². The summed E-state index contributed by atoms with van der Waals surface area (Å²) in [6.07, 6.45) is 1.82. The highest BCUT2D eigenvalue weighted by atomic mass is 79.9. The van der Waals surface area contributed by atoms with Crippen LogP contribution in [0, 0.1) is 0 Å². The van der Waals surface area contributed by atoms with Gasteiger partial charge in [-0.3, -0.25) is 4.98 Å². The van der Waals surface area contributed by atoms with Crippen molar-refractivity contribution < 1.29 is 4.74 Å². The van der Waals surface area contributed by atoms with Crippen LogP contribution in [0.2, 0.25) is 0 Å². The Kier molecular flexibility index (Phi) is 5.56. The second-order valence-electron chi connectivity index (χ2n) is 4.36. The molecule has 0 aliphatic heterocycles. The van der Waals surface area contributed by atoms with Crippen LogP contribution in [0.4, 0.5) is 0 Å². The number of ether oxygens (including phenoxy) is 1. The topological polar surface area (TPSA) is 34.2 Å². The number of hydrogen-bond donors (Lipinski definition) is 1. The van der Waals surface area contributed by atoms with E-state index in [4.69, 9.17) is 4.74 Å². The van der Waals surface area contributed by atoms with Gasteiger partial charge in [-0.1, -0.05) is 25.1 Å². The van der Waals surface area contributed by atoms with E-state index in [-0.39, 0.29) is 6.04 Å². The summed E-state index contributed by atoms with van der Waals surface area (Å²) in [5.74, 6) is 0.908. The highest BCUT2D eigenvalue weighted by Gasteiger charge is 2.18. The van der Waals surface area contributed by atoms with E-state index in [9.17, 15) is 0 Å². The van der Waals surface area contributed by atoms with Gasteiger partial charge in [-0.05, 0) is 47.6 Å². The molecule has 1 N–H and O–H groups in total. The van der Waals surface area contributed by atoms with Gasteiger partial charge in [-0.15, -0.1) is 0 Å². The summed E-state index contributed by atoms with van der Waals surface area (Å²) in [5, 5.41) is 3.48. The van der Waals surface area contributed by atoms with Crippen LogP contribution in [0.3, 0.4) is 0 Å². The third-order valence-corrected chi connectivity index (χ3v) is 3.45. The monoisotopic (exact) mass is 334 g/mol. The second-order valence-corrected chi connectivity index (χ2v) is 5.28. The smallest absolute Gasteiger partial charge is 0.124 e. The molecule has 0 saturated carbocycles. The van der Waals surface area contributed by atoms with E-state index < -0.39 is 0 Å². The summed E-state index contributed by atoms with van der Waals surface area (Å²) in [5.41, 5.74) is 2.10. The maximum Gasteiger partial charge on any atom is 0.124 e. The molecule has 1 heterocycles. The van der Waals surface area contributed by atoms with E-state index in [2.05, 4.69) is 39.2 Å². The van der Waals surface area contributed by atoms with E-state index >= 15 is 0 Å². The maximum absolute atomic E-state index is 5.73. The van der Waals surface area contributed by atoms with Gasteiger partial charge in [-0.2, -0.15) is 0 Å². The first-order chi connectivity index (χ1) is 9.76. The van der Waals surface area contributed by atoms with Crippen molar-refractivity contribution in [3.8, 4) is 5.75 Å². The molecule has 3 nitrogen and oxygen atoms in total. The van der Waals surface area contributed by atoms with Gasteiger partial charge in [0, 0.05) is 16.2 Å². The van der Waals surface area contributed by atoms with E-state index in [1.807, 2.05) is 43.5 Å². The Hall–Kier alpha value is -1.39. The molecule has 0 amide bonds. The summed E-state index contributed by atoms with van der Waals surface area (Å²) in [7, 11) is 0. The lowest BCUT2D eigenvalue weighted by molar-refractivity contribution is 0.333. The molecule has 0 spiro atoms. The zero-order valence-corrected chi connectivity index (χ0v) is 13.4. The molecule has 0 radical (unpaired) electrons. The molecule has 1 aromatic carbocycles. The highest BCUT2D eigenvalue weighted by molar-refractivity contribution is 9.10. The Morgan fingerprint density at radius 2 is 2.00 bits per heavy atom. The number of benzene rings is 1. The Morgan fingerprint density at radius 3 is 2.65 bits per heavy atom. The minimum atomic E-state index is 0.0378. The van der Waals surface area contributed by atoms with Gasteiger partial charge < -0.3 is 10.1 Å². The molecular formula is C16H19BrN2O. The van der Waals surface area contributed by atoms with Crippen LogP contribution in [-0.2, 0) is 0 Å². The molecule has 106 valence electrons. The number of aromatic nitrogens is 1. The third kappa shape index (κ3) is 3.58. The zero-order chi connectivity index (χ0) is 14.4. The SMILES string of the molecule is CCNC(c1ccc(Br)cn1)c1ccccc1OCC. The summed E-state index contributed by atoms with van der Waals surface area (Å²) in [6.45, 7) is 5.61. The molecule has 2 aromatic rings. The fourth-order valence-corrected chi connectivity index (χ4v) is 2.38. The van der Waals surface area contributed by atoms with Gasteiger partial charge in [0.15, 0.2) is 0 Å². The molecule has 1 aromatic heterocycles. The van der Waals surface area contributed by atoms with Crippen LogP contribution < -0.4 is 10.1 Å². The number of hydrogen-bond acceptors (Lipinski definition) is 3. The second kappa shape index (κ2) is 7.41. The van der Waals surface area contributed by atoms with Crippen molar-refractivity contribution in [2.24, 2.45) is 0 Å². The van der Waals surface area contributed by atoms with Crippen LogP contribution in [0.1, 0.15) is 31.1 Å². The summed E-state index contributed by atoms with van der Waals surface area (Å²) in [4.78, 5) is 4.51. The molecule has 1 atom stereocenters. The molecule has 0 aliphatic carbocycles. The van der Waals surface area contributed by atoms with Crippen LogP contribution in [0.5, 0.6) is 5.75 Å². The first-order valence-electron chi connectivity index (χ1n) is 6.82. The van der Waals surface area contributed by atoms with Crippen LogP contribution in [0.25, 0.3) is 0 Å². The summed E-state index contributed by atoms with van der Waals surface area (Å²) in [6, 6.07) is 12.2. The maximum atomic E-state index is 5.73. The number of rotatable bonds is 6. The standard InChI is InChI=1S/C16H19BrN2O/c1-3-18-16(14-10-9-12(17)11-19-14)13-7-5-6-8-15(13)20-4-2/h5-11,16,18H,3-4H2,1-2H3. The third-order valence-electron chi connectivity index (χ3n) is 2.98. The predicted octanol–water partition coefficient (Wildman–Crippen LogP) is 3.94. The van der Waals surface area contributed by atoms with Crippen LogP contribution in [0.15, 0.2) is 47.1 Å². The molecule has 0 aliphatic rings. The molecule has 20 heavy (non-hydrogen) atoms. The Balaban J connectivity index is 2.40. The van der Waals surface area contributed by atoms with Crippen molar-refractivity contribution in [1.29, 1.82) is 0 Å². The van der Waals surface area contributed by atoms with E-state index in [0.29, 0.717) is 6.61 Å². The van der Waals surface area contributed by atoms with Crippen molar-refractivity contribution in [3.05, 3.63) is 58.3 Å². The highest BCUT2D eigenvalue weighted by Crippen LogP contribution is 2.29. The molecule has 1 unspecified atom stereocenters. The zero-order valence-electron chi connectivity index (χ0n) is 11.8. The van der Waals surface area contributed by atoms with Gasteiger partial charge in [-0.25, -0.2) is 0 Å². The number of nitrogens with one attached hydrogen (secondary N) is 1. The van der Waals surface area contributed by atoms with Crippen molar-refractivity contribution in [2.75, 3.05) is 13.2 Å². The molecule has 0 bridgehead atoms. The number of nitrogens with zero attached hydrogens (tertiary/aromatic N) is 1. The van der Waals surface area contributed by atoms with E-state index in [1.54, 1.807) is 0 Å². The Bertz CT molecular complexity index is 542. The van der Waals surface area contributed by atoms with Gasteiger partial charge in [0.05, 0.1) is 18.3 Å². The fraction of sp³-hybridized carbons (Fsp3) is 0.312. The minimum absolute atomic E-state index is 0.0378. The normalized spacial score (nSPS) is 12.2. The summed E-state index contributed by atoms with van der Waals surface area (Å²) < 4.78 is 6.71. The van der Waals surface area contributed by atoms with Crippen molar-refractivity contribution in [2.45, 2.75) is 19.9 Å². The predicted molar refractivity (Wildman–Crippen MR) is 85.1 cm³/mol. The lowest BCUT2D eigenvalue weighted by atomic mass is 10.0. The molecule has 2 rings (SSSR count). The van der Waals surface area contributed by atoms with Gasteiger partial charge in [0.2, 0.25) is 0 Å². The van der Waals surface area contributed by atoms with Gasteiger partial charge >= 0.3 is 0 Å². The first kappa shape index (κ1) is 15.0. The van der Waals surface area contributed by atoms with Gasteiger partial charge in [0.1, 0.15) is 5.75 Å². The van der Waals surface area contributed by atoms with E-state index in [1.165, 1.54) is 0 Å². The first-order valence-corrected chi connectivity index (χ1v) is 7.62. The molecule has 0 fully saturated rings. The Morgan fingerprint density at radius 1 is 1.20 bits per heavy atom. The number of halogens is 1. The van der Waals surface area contributed by atoms with Crippen LogP contribution in [-0.4, -0.2) is 18.1 Å². The van der Waals surface area contributed by atoms with Crippen LogP contribution >= 0.6 is 15.9 Å². The minimum Gasteiger partial charge on any atom is -0.494 e. The lowest BCUT2D eigenvalue weighted by Gasteiger charge is -2.20. The average molecular weight is 335 g/mol. The fourth-order valence-electron chi connectivity index (χ4n) is 2.14. The molecule has 0 saturated heterocycles.